The van der Waals surface area contributed by atoms with E-state index in [1.54, 1.807) is 36.4 Å². The van der Waals surface area contributed by atoms with Gasteiger partial charge in [0, 0.05) is 10.8 Å². The molecule has 6 heteroatoms. The number of hydrogen-bond acceptors (Lipinski definition) is 3. The van der Waals surface area contributed by atoms with Crippen LogP contribution in [0.15, 0.2) is 66.1 Å². The second-order valence-corrected chi connectivity index (χ2v) is 7.13. The third-order valence-electron chi connectivity index (χ3n) is 3.46. The Morgan fingerprint density at radius 1 is 0.958 bits per heavy atom. The zero-order valence-electron chi connectivity index (χ0n) is 12.5. The normalized spacial score (nSPS) is 11.9. The highest BCUT2D eigenvalue weighted by Crippen LogP contribution is 2.37. The highest BCUT2D eigenvalue weighted by Gasteiger charge is 2.13. The number of phenolic OH excluding ortho intramolecular Hbond substituents is 1. The fraction of sp³-hybridized carbons (Fsp3) is 0. The second kappa shape index (κ2) is 6.55. The van der Waals surface area contributed by atoms with Crippen molar-refractivity contribution in [3.63, 3.8) is 0 Å². The van der Waals surface area contributed by atoms with Crippen molar-refractivity contribution in [1.82, 2.24) is 0 Å². The van der Waals surface area contributed by atoms with E-state index < -0.39 is 10.0 Å². The largest absolute Gasteiger partial charge is 0.506 e. The Bertz CT molecular complexity index is 1020. The van der Waals surface area contributed by atoms with Gasteiger partial charge in [-0.3, -0.25) is 4.72 Å². The van der Waals surface area contributed by atoms with Crippen LogP contribution in [0.25, 0.3) is 16.8 Å². The molecule has 0 aromatic heterocycles. The Morgan fingerprint density at radius 2 is 1.58 bits per heavy atom. The van der Waals surface area contributed by atoms with Gasteiger partial charge in [0.05, 0.1) is 16.1 Å². The van der Waals surface area contributed by atoms with Crippen LogP contribution in [0.1, 0.15) is 5.56 Å². The average molecular weight is 360 g/mol. The number of halogens is 1. The van der Waals surface area contributed by atoms with E-state index >= 15 is 0 Å². The lowest BCUT2D eigenvalue weighted by molar-refractivity contribution is 0.482. The maximum atomic E-state index is 12.3. The number of nitrogens with one attached hydrogen (secondary N) is 1. The van der Waals surface area contributed by atoms with Gasteiger partial charge in [0.1, 0.15) is 5.75 Å². The lowest BCUT2D eigenvalue weighted by Crippen LogP contribution is -2.09. The summed E-state index contributed by atoms with van der Waals surface area (Å²) in [5.41, 5.74) is 1.09. The maximum Gasteiger partial charge on any atom is 0.255 e. The zero-order valence-corrected chi connectivity index (χ0v) is 14.1. The van der Waals surface area contributed by atoms with Crippen LogP contribution in [0.2, 0.25) is 5.02 Å². The third kappa shape index (κ3) is 3.53. The fourth-order valence-electron chi connectivity index (χ4n) is 2.33. The molecule has 0 unspecified atom stereocenters. The van der Waals surface area contributed by atoms with Crippen molar-refractivity contribution in [2.24, 2.45) is 0 Å². The lowest BCUT2D eigenvalue weighted by atomic mass is 10.1. The van der Waals surface area contributed by atoms with E-state index in [0.717, 1.165) is 11.0 Å². The van der Waals surface area contributed by atoms with E-state index in [9.17, 15) is 13.5 Å². The molecule has 0 aliphatic heterocycles. The minimum atomic E-state index is -3.72. The molecule has 0 atom stereocenters. The summed E-state index contributed by atoms with van der Waals surface area (Å²) in [6, 6.07) is 17.4. The van der Waals surface area contributed by atoms with E-state index in [-0.39, 0.29) is 10.8 Å². The molecular formula is C18H14ClNO3S. The first kappa shape index (κ1) is 16.4. The minimum absolute atomic E-state index is 0.0740. The number of fused-ring (bicyclic) bond motifs is 1. The van der Waals surface area contributed by atoms with Gasteiger partial charge in [0.25, 0.3) is 10.0 Å². The van der Waals surface area contributed by atoms with Gasteiger partial charge in [0.2, 0.25) is 0 Å². The van der Waals surface area contributed by atoms with Gasteiger partial charge in [0.15, 0.2) is 0 Å². The molecule has 0 radical (unpaired) electrons. The van der Waals surface area contributed by atoms with Gasteiger partial charge < -0.3 is 5.11 Å². The molecule has 122 valence electrons. The van der Waals surface area contributed by atoms with E-state index in [0.29, 0.717) is 16.5 Å². The molecule has 24 heavy (non-hydrogen) atoms. The molecule has 3 aromatic carbocycles. The van der Waals surface area contributed by atoms with Crippen molar-refractivity contribution in [3.05, 3.63) is 76.7 Å². The lowest BCUT2D eigenvalue weighted by Gasteiger charge is -2.11. The van der Waals surface area contributed by atoms with Crippen molar-refractivity contribution in [3.8, 4) is 5.75 Å². The minimum Gasteiger partial charge on any atom is -0.506 e. The Morgan fingerprint density at radius 3 is 2.29 bits per heavy atom. The molecule has 0 spiro atoms. The van der Waals surface area contributed by atoms with Crippen LogP contribution in [-0.2, 0) is 10.0 Å². The van der Waals surface area contributed by atoms with Gasteiger partial charge in [-0.15, -0.1) is 0 Å². The molecule has 0 amide bonds. The van der Waals surface area contributed by atoms with Crippen LogP contribution in [-0.4, -0.2) is 13.5 Å². The first-order valence-electron chi connectivity index (χ1n) is 7.12. The molecular weight excluding hydrogens is 346 g/mol. The van der Waals surface area contributed by atoms with Crippen molar-refractivity contribution >= 4 is 44.2 Å². The molecule has 0 bridgehead atoms. The van der Waals surface area contributed by atoms with Crippen LogP contribution < -0.4 is 4.72 Å². The van der Waals surface area contributed by atoms with Crippen molar-refractivity contribution in [1.29, 1.82) is 0 Å². The summed E-state index contributed by atoms with van der Waals surface area (Å²) in [7, 11) is -3.72. The maximum absolute atomic E-state index is 12.3. The fourth-order valence-corrected chi connectivity index (χ4v) is 3.42. The Balaban J connectivity index is 1.97. The smallest absolute Gasteiger partial charge is 0.255 e. The van der Waals surface area contributed by atoms with Gasteiger partial charge in [-0.05, 0) is 17.7 Å². The van der Waals surface area contributed by atoms with Crippen LogP contribution in [0.3, 0.4) is 0 Å². The molecule has 0 saturated carbocycles. The van der Waals surface area contributed by atoms with Crippen molar-refractivity contribution in [2.75, 3.05) is 4.72 Å². The predicted molar refractivity (Wildman–Crippen MR) is 98.6 cm³/mol. The van der Waals surface area contributed by atoms with Crippen molar-refractivity contribution < 1.29 is 13.5 Å². The van der Waals surface area contributed by atoms with Gasteiger partial charge in [-0.1, -0.05) is 66.2 Å². The first-order valence-corrected chi connectivity index (χ1v) is 9.05. The van der Waals surface area contributed by atoms with Crippen LogP contribution in [0.5, 0.6) is 5.75 Å². The molecule has 4 nitrogen and oxygen atoms in total. The zero-order chi connectivity index (χ0) is 17.2. The Kier molecular flexibility index (Phi) is 4.46. The number of hydrogen-bond donors (Lipinski definition) is 2. The Labute approximate surface area is 145 Å². The van der Waals surface area contributed by atoms with Crippen LogP contribution in [0.4, 0.5) is 5.69 Å². The number of phenols is 1. The molecule has 0 fully saturated rings. The quantitative estimate of drug-likeness (QED) is 0.668. The summed E-state index contributed by atoms with van der Waals surface area (Å²) in [6.07, 6.45) is 1.51. The summed E-state index contributed by atoms with van der Waals surface area (Å²) in [4.78, 5) is 0. The molecule has 0 heterocycles. The van der Waals surface area contributed by atoms with Crippen LogP contribution in [0, 0.1) is 0 Å². The van der Waals surface area contributed by atoms with E-state index in [1.807, 2.05) is 18.2 Å². The second-order valence-electron chi connectivity index (χ2n) is 5.16. The highest BCUT2D eigenvalue weighted by molar-refractivity contribution is 7.95. The summed E-state index contributed by atoms with van der Waals surface area (Å²) < 4.78 is 27.1. The first-order chi connectivity index (χ1) is 11.5. The topological polar surface area (TPSA) is 66.4 Å². The molecule has 2 N–H and O–H groups in total. The summed E-state index contributed by atoms with van der Waals surface area (Å²) in [6.45, 7) is 0. The van der Waals surface area contributed by atoms with Gasteiger partial charge in [-0.2, -0.15) is 0 Å². The summed E-state index contributed by atoms with van der Waals surface area (Å²) >= 11 is 5.99. The average Bonchev–Trinajstić information content (AvgIpc) is 2.58. The van der Waals surface area contributed by atoms with E-state index in [1.165, 1.54) is 12.1 Å². The van der Waals surface area contributed by atoms with Gasteiger partial charge >= 0.3 is 0 Å². The molecule has 0 saturated heterocycles. The van der Waals surface area contributed by atoms with Crippen molar-refractivity contribution in [2.45, 2.75) is 0 Å². The monoisotopic (exact) mass is 359 g/mol. The summed E-state index contributed by atoms with van der Waals surface area (Å²) in [5, 5.41) is 12.2. The standard InChI is InChI=1S/C18H14ClNO3S/c19-16-12-17(14-8-4-5-9-15(14)18(16)21)20-24(22,23)11-10-13-6-2-1-3-7-13/h1-12,20-21H/b11-10+. The van der Waals surface area contributed by atoms with Gasteiger partial charge in [-0.25, -0.2) is 8.42 Å². The number of benzene rings is 3. The van der Waals surface area contributed by atoms with E-state index in [2.05, 4.69) is 4.72 Å². The van der Waals surface area contributed by atoms with Crippen LogP contribution >= 0.6 is 11.6 Å². The number of aromatic hydroxyl groups is 1. The Hall–Kier alpha value is -2.50. The molecule has 0 aliphatic carbocycles. The molecule has 3 aromatic rings. The summed E-state index contributed by atoms with van der Waals surface area (Å²) in [5.74, 6) is -0.0740. The third-order valence-corrected chi connectivity index (χ3v) is 4.75. The number of sulfonamides is 1. The molecule has 0 aliphatic rings. The number of rotatable bonds is 4. The van der Waals surface area contributed by atoms with E-state index in [4.69, 9.17) is 11.6 Å². The SMILES string of the molecule is O=S(=O)(/C=C/c1ccccc1)Nc1cc(Cl)c(O)c2ccccc12. The molecule has 3 rings (SSSR count). The highest BCUT2D eigenvalue weighted by atomic mass is 35.5. The number of anilines is 1. The predicted octanol–water partition coefficient (Wildman–Crippen LogP) is 4.61.